The summed E-state index contributed by atoms with van der Waals surface area (Å²) in [5, 5.41) is 0. The fourth-order valence-corrected chi connectivity index (χ4v) is 1.68. The summed E-state index contributed by atoms with van der Waals surface area (Å²) in [5.74, 6) is 0.261. The fraction of sp³-hybridized carbons (Fsp3) is 0.364. The van der Waals surface area contributed by atoms with Gasteiger partial charge in [-0.15, -0.1) is 0 Å². The molecule has 1 aromatic carbocycles. The Kier molecular flexibility index (Phi) is 2.39. The normalized spacial score (nSPS) is 20.9. The number of nitrogens with two attached hydrogens (primary N) is 1. The van der Waals surface area contributed by atoms with Gasteiger partial charge in [-0.2, -0.15) is 0 Å². The van der Waals surface area contributed by atoms with E-state index in [-0.39, 0.29) is 5.97 Å². The molecular formula is C11H13NO2. The molecule has 0 bridgehead atoms. The molecule has 1 aliphatic rings. The summed E-state index contributed by atoms with van der Waals surface area (Å²) in [6, 6.07) is 7.76. The number of carbonyl (C=O) groups excluding carboxylic acids is 1. The first-order valence-electron chi connectivity index (χ1n) is 4.74. The first-order valence-corrected chi connectivity index (χ1v) is 4.74. The minimum Gasteiger partial charge on any atom is -0.465 e. The van der Waals surface area contributed by atoms with Gasteiger partial charge in [0, 0.05) is 11.6 Å². The largest absolute Gasteiger partial charge is 0.465 e. The Balaban J connectivity index is 1.97. The van der Waals surface area contributed by atoms with E-state index < -0.39 is 0 Å². The third-order valence-corrected chi connectivity index (χ3v) is 2.44. The molecule has 0 saturated carbocycles. The number of rotatable bonds is 2. The van der Waals surface area contributed by atoms with E-state index in [0.717, 1.165) is 12.1 Å². The van der Waals surface area contributed by atoms with Gasteiger partial charge in [-0.1, -0.05) is 12.1 Å². The van der Waals surface area contributed by atoms with Crippen molar-refractivity contribution < 1.29 is 9.53 Å². The molecule has 1 aliphatic heterocycles. The Morgan fingerprint density at radius 2 is 2.07 bits per heavy atom. The molecule has 0 aromatic heterocycles. The molecule has 3 heteroatoms. The minimum atomic E-state index is -0.0783. The van der Waals surface area contributed by atoms with Crippen LogP contribution in [0.3, 0.4) is 0 Å². The van der Waals surface area contributed by atoms with Gasteiger partial charge in [0.15, 0.2) is 0 Å². The van der Waals surface area contributed by atoms with Gasteiger partial charge >= 0.3 is 5.97 Å². The maximum atomic E-state index is 10.9. The van der Waals surface area contributed by atoms with Gasteiger partial charge in [0.1, 0.15) is 0 Å². The van der Waals surface area contributed by atoms with E-state index in [9.17, 15) is 4.79 Å². The highest BCUT2D eigenvalue weighted by Crippen LogP contribution is 2.19. The van der Waals surface area contributed by atoms with Crippen LogP contribution in [-0.4, -0.2) is 12.6 Å². The monoisotopic (exact) mass is 191 g/mol. The van der Waals surface area contributed by atoms with Crippen molar-refractivity contribution in [3.8, 4) is 0 Å². The fourth-order valence-electron chi connectivity index (χ4n) is 1.68. The number of ether oxygens (including phenoxy) is 1. The predicted octanol–water partition coefficient (Wildman–Crippen LogP) is 1.37. The van der Waals surface area contributed by atoms with Crippen molar-refractivity contribution in [1.82, 2.24) is 0 Å². The maximum Gasteiger partial charge on any atom is 0.306 e. The summed E-state index contributed by atoms with van der Waals surface area (Å²) in [6.07, 6.45) is 1.44. The quantitative estimate of drug-likeness (QED) is 0.567. The summed E-state index contributed by atoms with van der Waals surface area (Å²) in [6.45, 7) is 0.559. The van der Waals surface area contributed by atoms with Crippen LogP contribution >= 0.6 is 0 Å². The van der Waals surface area contributed by atoms with E-state index in [1.807, 2.05) is 24.3 Å². The number of cyclic esters (lactones) is 1. The molecule has 14 heavy (non-hydrogen) atoms. The molecule has 1 heterocycles. The smallest absolute Gasteiger partial charge is 0.306 e. The van der Waals surface area contributed by atoms with Crippen molar-refractivity contribution in [1.29, 1.82) is 0 Å². The van der Waals surface area contributed by atoms with Gasteiger partial charge in [-0.05, 0) is 24.1 Å². The van der Waals surface area contributed by atoms with E-state index in [4.69, 9.17) is 10.5 Å². The number of benzene rings is 1. The van der Waals surface area contributed by atoms with E-state index in [1.54, 1.807) is 0 Å². The molecule has 3 nitrogen and oxygen atoms in total. The topological polar surface area (TPSA) is 52.3 Å². The predicted molar refractivity (Wildman–Crippen MR) is 53.6 cm³/mol. The zero-order valence-electron chi connectivity index (χ0n) is 7.90. The van der Waals surface area contributed by atoms with Gasteiger partial charge in [0.25, 0.3) is 0 Å². The number of carbonyl (C=O) groups is 1. The molecule has 0 radical (unpaired) electrons. The molecule has 1 fully saturated rings. The summed E-state index contributed by atoms with van der Waals surface area (Å²) in [4.78, 5) is 10.9. The molecule has 1 saturated heterocycles. The van der Waals surface area contributed by atoms with Crippen LogP contribution in [0.15, 0.2) is 24.3 Å². The van der Waals surface area contributed by atoms with Gasteiger partial charge in [-0.25, -0.2) is 0 Å². The van der Waals surface area contributed by atoms with Gasteiger partial charge < -0.3 is 10.5 Å². The number of hydrogen-bond donors (Lipinski definition) is 1. The van der Waals surface area contributed by atoms with E-state index in [0.29, 0.717) is 18.9 Å². The van der Waals surface area contributed by atoms with Crippen LogP contribution in [0.25, 0.3) is 0 Å². The Morgan fingerprint density at radius 3 is 2.64 bits per heavy atom. The molecule has 1 atom stereocenters. The lowest BCUT2D eigenvalue weighted by atomic mass is 9.98. The van der Waals surface area contributed by atoms with Crippen molar-refractivity contribution in [2.45, 2.75) is 12.8 Å². The summed E-state index contributed by atoms with van der Waals surface area (Å²) < 4.78 is 4.90. The van der Waals surface area contributed by atoms with Crippen LogP contribution in [0.5, 0.6) is 0 Å². The first kappa shape index (κ1) is 9.06. The van der Waals surface area contributed by atoms with Crippen molar-refractivity contribution in [2.75, 3.05) is 12.3 Å². The molecule has 2 rings (SSSR count). The van der Waals surface area contributed by atoms with Gasteiger partial charge in [-0.3, -0.25) is 4.79 Å². The van der Waals surface area contributed by atoms with Crippen LogP contribution in [0, 0.1) is 5.92 Å². The van der Waals surface area contributed by atoms with Crippen LogP contribution in [0.1, 0.15) is 12.0 Å². The first-order chi connectivity index (χ1) is 6.74. The van der Waals surface area contributed by atoms with Crippen molar-refractivity contribution in [3.63, 3.8) is 0 Å². The Labute approximate surface area is 82.9 Å². The van der Waals surface area contributed by atoms with Gasteiger partial charge in [0.05, 0.1) is 13.0 Å². The highest BCUT2D eigenvalue weighted by Gasteiger charge is 2.23. The SMILES string of the molecule is Nc1ccc(CC2COC(=O)C2)cc1. The zero-order chi connectivity index (χ0) is 9.97. The third kappa shape index (κ3) is 2.05. The van der Waals surface area contributed by atoms with Gasteiger partial charge in [0.2, 0.25) is 0 Å². The summed E-state index contributed by atoms with van der Waals surface area (Å²) in [5.41, 5.74) is 7.56. The Morgan fingerprint density at radius 1 is 1.36 bits per heavy atom. The molecule has 2 N–H and O–H groups in total. The lowest BCUT2D eigenvalue weighted by Crippen LogP contribution is -2.03. The number of hydrogen-bond acceptors (Lipinski definition) is 3. The molecule has 1 aromatic rings. The Hall–Kier alpha value is -1.51. The van der Waals surface area contributed by atoms with Crippen molar-refractivity contribution in [2.24, 2.45) is 5.92 Å². The average molecular weight is 191 g/mol. The zero-order valence-corrected chi connectivity index (χ0v) is 7.90. The standard InChI is InChI=1S/C11H13NO2/c12-10-3-1-8(2-4-10)5-9-6-11(13)14-7-9/h1-4,9H,5-7,12H2. The maximum absolute atomic E-state index is 10.9. The van der Waals surface area contributed by atoms with E-state index in [2.05, 4.69) is 0 Å². The average Bonchev–Trinajstić information content (AvgIpc) is 2.56. The summed E-state index contributed by atoms with van der Waals surface area (Å²) in [7, 11) is 0. The number of nitrogen functional groups attached to an aromatic ring is 1. The van der Waals surface area contributed by atoms with Crippen LogP contribution < -0.4 is 5.73 Å². The van der Waals surface area contributed by atoms with Crippen molar-refractivity contribution >= 4 is 11.7 Å². The molecular weight excluding hydrogens is 178 g/mol. The lowest BCUT2D eigenvalue weighted by Gasteiger charge is -2.05. The highest BCUT2D eigenvalue weighted by atomic mass is 16.5. The number of anilines is 1. The molecule has 0 amide bonds. The lowest BCUT2D eigenvalue weighted by molar-refractivity contribution is -0.137. The van der Waals surface area contributed by atoms with Crippen LogP contribution in [0.4, 0.5) is 5.69 Å². The highest BCUT2D eigenvalue weighted by molar-refractivity contribution is 5.71. The second-order valence-electron chi connectivity index (χ2n) is 3.70. The molecule has 0 spiro atoms. The van der Waals surface area contributed by atoms with Crippen molar-refractivity contribution in [3.05, 3.63) is 29.8 Å². The van der Waals surface area contributed by atoms with Crippen LogP contribution in [0.2, 0.25) is 0 Å². The van der Waals surface area contributed by atoms with E-state index in [1.165, 1.54) is 5.56 Å². The number of esters is 1. The Bertz CT molecular complexity index is 332. The minimum absolute atomic E-state index is 0.0783. The second-order valence-corrected chi connectivity index (χ2v) is 3.70. The molecule has 0 aliphatic carbocycles. The van der Waals surface area contributed by atoms with Crippen LogP contribution in [-0.2, 0) is 16.0 Å². The second kappa shape index (κ2) is 3.70. The van der Waals surface area contributed by atoms with E-state index >= 15 is 0 Å². The molecule has 1 unspecified atom stereocenters. The summed E-state index contributed by atoms with van der Waals surface area (Å²) >= 11 is 0. The molecule has 74 valence electrons. The third-order valence-electron chi connectivity index (χ3n) is 2.44.